The van der Waals surface area contributed by atoms with Crippen LogP contribution in [0.4, 0.5) is 0 Å². The highest BCUT2D eigenvalue weighted by Gasteiger charge is 2.15. The lowest BCUT2D eigenvalue weighted by molar-refractivity contribution is -0.121. The molecule has 4 aromatic rings. The number of thioether (sulfide) groups is 1. The van der Waals surface area contributed by atoms with Gasteiger partial charge in [-0.3, -0.25) is 14.2 Å². The van der Waals surface area contributed by atoms with E-state index in [1.807, 2.05) is 43.3 Å². The van der Waals surface area contributed by atoms with Crippen LogP contribution >= 0.6 is 23.4 Å². The standard InChI is InChI=1S/C24H22ClN3O3S/c1-16(17-6-3-2-4-7-17)26-22(29)11-13-32-24-27-21-14-18(25)9-10-20(21)23(30)28(24)15-19-8-5-12-31-19/h2-10,12,14,16H,11,13,15H2,1H3,(H,26,29)/t16-/m0/s1. The van der Waals surface area contributed by atoms with Crippen molar-refractivity contribution in [2.45, 2.75) is 31.1 Å². The number of amides is 1. The van der Waals surface area contributed by atoms with E-state index in [-0.39, 0.29) is 24.1 Å². The number of carbonyl (C=O) groups excluding carboxylic acids is 1. The number of furan rings is 1. The van der Waals surface area contributed by atoms with Crippen molar-refractivity contribution >= 4 is 40.2 Å². The summed E-state index contributed by atoms with van der Waals surface area (Å²) in [5.41, 5.74) is 1.41. The molecule has 4 rings (SSSR count). The van der Waals surface area contributed by atoms with Crippen LogP contribution in [0.5, 0.6) is 0 Å². The molecule has 0 saturated carbocycles. The van der Waals surface area contributed by atoms with Gasteiger partial charge in [-0.2, -0.15) is 0 Å². The van der Waals surface area contributed by atoms with Crippen molar-refractivity contribution in [2.24, 2.45) is 0 Å². The predicted molar refractivity (Wildman–Crippen MR) is 127 cm³/mol. The van der Waals surface area contributed by atoms with Crippen LogP contribution in [0.15, 0.2) is 81.3 Å². The molecule has 1 atom stereocenters. The van der Waals surface area contributed by atoms with Gasteiger partial charge in [0.25, 0.3) is 5.56 Å². The molecule has 32 heavy (non-hydrogen) atoms. The maximum Gasteiger partial charge on any atom is 0.262 e. The van der Waals surface area contributed by atoms with Gasteiger partial charge < -0.3 is 9.73 Å². The SMILES string of the molecule is C[C@H](NC(=O)CCSc1nc2cc(Cl)ccc2c(=O)n1Cc1ccco1)c1ccccc1. The normalized spacial score (nSPS) is 12.1. The highest BCUT2D eigenvalue weighted by atomic mass is 35.5. The van der Waals surface area contributed by atoms with Crippen LogP contribution in [-0.2, 0) is 11.3 Å². The molecule has 0 radical (unpaired) electrons. The third-order valence-electron chi connectivity index (χ3n) is 5.01. The lowest BCUT2D eigenvalue weighted by atomic mass is 10.1. The van der Waals surface area contributed by atoms with Crippen molar-refractivity contribution in [1.29, 1.82) is 0 Å². The summed E-state index contributed by atoms with van der Waals surface area (Å²) in [7, 11) is 0. The van der Waals surface area contributed by atoms with Crippen molar-refractivity contribution in [3.8, 4) is 0 Å². The van der Waals surface area contributed by atoms with E-state index in [1.54, 1.807) is 35.1 Å². The molecule has 0 aliphatic heterocycles. The molecular formula is C24H22ClN3O3S. The minimum atomic E-state index is -0.173. The molecule has 2 aromatic carbocycles. The maximum atomic E-state index is 13.1. The molecule has 1 amide bonds. The number of aromatic nitrogens is 2. The minimum Gasteiger partial charge on any atom is -0.467 e. The van der Waals surface area contributed by atoms with E-state index in [9.17, 15) is 9.59 Å². The predicted octanol–water partition coefficient (Wildman–Crippen LogP) is 5.05. The third-order valence-corrected chi connectivity index (χ3v) is 6.23. The molecule has 0 aliphatic carbocycles. The lowest BCUT2D eigenvalue weighted by Crippen LogP contribution is -2.27. The molecule has 0 spiro atoms. The van der Waals surface area contributed by atoms with Crippen LogP contribution in [0.2, 0.25) is 5.02 Å². The van der Waals surface area contributed by atoms with Gasteiger partial charge >= 0.3 is 0 Å². The van der Waals surface area contributed by atoms with E-state index >= 15 is 0 Å². The summed E-state index contributed by atoms with van der Waals surface area (Å²) in [6.07, 6.45) is 1.87. The Labute approximate surface area is 194 Å². The largest absolute Gasteiger partial charge is 0.467 e. The zero-order chi connectivity index (χ0) is 22.5. The van der Waals surface area contributed by atoms with E-state index in [2.05, 4.69) is 10.3 Å². The van der Waals surface area contributed by atoms with Gasteiger partial charge in [-0.05, 0) is 42.8 Å². The maximum absolute atomic E-state index is 13.1. The first-order chi connectivity index (χ1) is 15.5. The Bertz CT molecular complexity index is 1270. The first-order valence-electron chi connectivity index (χ1n) is 10.2. The zero-order valence-corrected chi connectivity index (χ0v) is 19.0. The summed E-state index contributed by atoms with van der Waals surface area (Å²) in [6.45, 7) is 2.22. The molecule has 0 bridgehead atoms. The monoisotopic (exact) mass is 467 g/mol. The van der Waals surface area contributed by atoms with Crippen LogP contribution in [0, 0.1) is 0 Å². The van der Waals surface area contributed by atoms with Gasteiger partial charge in [0.2, 0.25) is 5.91 Å². The Morgan fingerprint density at radius 3 is 2.75 bits per heavy atom. The second-order valence-electron chi connectivity index (χ2n) is 7.32. The molecule has 2 aromatic heterocycles. The smallest absolute Gasteiger partial charge is 0.262 e. The van der Waals surface area contributed by atoms with Crippen molar-refractivity contribution in [2.75, 3.05) is 5.75 Å². The van der Waals surface area contributed by atoms with Crippen molar-refractivity contribution in [3.05, 3.63) is 93.6 Å². The Morgan fingerprint density at radius 2 is 2.00 bits per heavy atom. The fourth-order valence-electron chi connectivity index (χ4n) is 3.36. The van der Waals surface area contributed by atoms with E-state index in [0.29, 0.717) is 39.0 Å². The first-order valence-corrected chi connectivity index (χ1v) is 11.6. The summed E-state index contributed by atoms with van der Waals surface area (Å²) < 4.78 is 7.00. The van der Waals surface area contributed by atoms with Crippen molar-refractivity contribution < 1.29 is 9.21 Å². The first kappa shape index (κ1) is 22.2. The molecule has 1 N–H and O–H groups in total. The average molecular weight is 468 g/mol. The van der Waals surface area contributed by atoms with Crippen molar-refractivity contribution in [1.82, 2.24) is 14.9 Å². The molecule has 2 heterocycles. The van der Waals surface area contributed by atoms with Gasteiger partial charge in [0.1, 0.15) is 5.76 Å². The van der Waals surface area contributed by atoms with Gasteiger partial charge in [0.05, 0.1) is 29.8 Å². The van der Waals surface area contributed by atoms with Gasteiger partial charge in [-0.15, -0.1) is 0 Å². The molecule has 0 aliphatic rings. The fourth-order valence-corrected chi connectivity index (χ4v) is 4.46. The lowest BCUT2D eigenvalue weighted by Gasteiger charge is -2.15. The highest BCUT2D eigenvalue weighted by Crippen LogP contribution is 2.22. The summed E-state index contributed by atoms with van der Waals surface area (Å²) in [6, 6.07) is 18.3. The summed E-state index contributed by atoms with van der Waals surface area (Å²) in [4.78, 5) is 30.2. The number of rotatable bonds is 8. The Balaban J connectivity index is 1.50. The molecule has 8 heteroatoms. The summed E-state index contributed by atoms with van der Waals surface area (Å²) in [5, 5.41) is 4.53. The highest BCUT2D eigenvalue weighted by molar-refractivity contribution is 7.99. The average Bonchev–Trinajstić information content (AvgIpc) is 3.30. The van der Waals surface area contributed by atoms with Crippen LogP contribution in [0.25, 0.3) is 10.9 Å². The van der Waals surface area contributed by atoms with Gasteiger partial charge in [0.15, 0.2) is 5.16 Å². The number of carbonyl (C=O) groups is 1. The molecule has 0 unspecified atom stereocenters. The second-order valence-corrected chi connectivity index (χ2v) is 8.82. The third kappa shape index (κ3) is 5.23. The summed E-state index contributed by atoms with van der Waals surface area (Å²) >= 11 is 7.46. The number of hydrogen-bond donors (Lipinski definition) is 1. The minimum absolute atomic E-state index is 0.0578. The second kappa shape index (κ2) is 10.1. The van der Waals surface area contributed by atoms with Crippen molar-refractivity contribution in [3.63, 3.8) is 0 Å². The number of hydrogen-bond acceptors (Lipinski definition) is 5. The zero-order valence-electron chi connectivity index (χ0n) is 17.5. The quantitative estimate of drug-likeness (QED) is 0.290. The topological polar surface area (TPSA) is 77.1 Å². The number of benzene rings is 2. The van der Waals surface area contributed by atoms with Gasteiger partial charge in [0, 0.05) is 17.2 Å². The van der Waals surface area contributed by atoms with Crippen LogP contribution in [0.3, 0.4) is 0 Å². The van der Waals surface area contributed by atoms with E-state index in [4.69, 9.17) is 16.0 Å². The van der Waals surface area contributed by atoms with E-state index in [0.717, 1.165) is 5.56 Å². The number of fused-ring (bicyclic) bond motifs is 1. The number of halogens is 1. The summed E-state index contributed by atoms with van der Waals surface area (Å²) in [5.74, 6) is 1.07. The Morgan fingerprint density at radius 1 is 1.19 bits per heavy atom. The van der Waals surface area contributed by atoms with E-state index in [1.165, 1.54) is 11.8 Å². The molecule has 164 valence electrons. The van der Waals surface area contributed by atoms with Gasteiger partial charge in [-0.25, -0.2) is 4.98 Å². The number of nitrogens with zero attached hydrogens (tertiary/aromatic N) is 2. The molecular weight excluding hydrogens is 446 g/mol. The van der Waals surface area contributed by atoms with Crippen LogP contribution < -0.4 is 10.9 Å². The Hall–Kier alpha value is -3.03. The molecule has 0 fully saturated rings. The fraction of sp³-hybridized carbons (Fsp3) is 0.208. The van der Waals surface area contributed by atoms with Crippen LogP contribution in [0.1, 0.15) is 30.7 Å². The Kier molecular flexibility index (Phi) is 6.97. The molecule has 6 nitrogen and oxygen atoms in total. The number of nitrogens with one attached hydrogen (secondary N) is 1. The van der Waals surface area contributed by atoms with Crippen LogP contribution in [-0.4, -0.2) is 21.2 Å². The van der Waals surface area contributed by atoms with E-state index < -0.39 is 0 Å². The molecule has 0 saturated heterocycles. The van der Waals surface area contributed by atoms with Gasteiger partial charge in [-0.1, -0.05) is 53.7 Å².